The lowest BCUT2D eigenvalue weighted by atomic mass is 10.0. The zero-order valence-electron chi connectivity index (χ0n) is 11.7. The summed E-state index contributed by atoms with van der Waals surface area (Å²) in [6.07, 6.45) is 0. The minimum absolute atomic E-state index is 0.00508. The van der Waals surface area contributed by atoms with Gasteiger partial charge in [-0.05, 0) is 5.56 Å². The monoisotopic (exact) mass is 315 g/mol. The molecule has 1 aromatic rings. The Morgan fingerprint density at radius 1 is 1.24 bits per heavy atom. The normalized spacial score (nSPS) is 13.3. The number of methoxy groups -OCH3 is 1. The molecule has 0 heterocycles. The molecule has 6 nitrogen and oxygen atoms in total. The standard InChI is InChI=1S/C14H18ClNO5/c1-19-12(17)14(16,10-20-8-7-15)13(18)21-9-11-5-3-2-4-6-11/h2-6H,7-10,16H2,1H3/t14-/m0/s1. The van der Waals surface area contributed by atoms with Crippen molar-refractivity contribution in [3.8, 4) is 0 Å². The average molecular weight is 316 g/mol. The van der Waals surface area contributed by atoms with Gasteiger partial charge in [-0.1, -0.05) is 30.3 Å². The van der Waals surface area contributed by atoms with E-state index < -0.39 is 17.5 Å². The molecule has 0 aromatic heterocycles. The predicted molar refractivity (Wildman–Crippen MR) is 76.7 cm³/mol. The van der Waals surface area contributed by atoms with Gasteiger partial charge < -0.3 is 19.9 Å². The van der Waals surface area contributed by atoms with Gasteiger partial charge in [-0.3, -0.25) is 0 Å². The Hall–Kier alpha value is -1.63. The van der Waals surface area contributed by atoms with Crippen LogP contribution in [0, 0.1) is 0 Å². The second-order valence-corrected chi connectivity index (χ2v) is 4.64. The van der Waals surface area contributed by atoms with Gasteiger partial charge in [0.1, 0.15) is 6.61 Å². The van der Waals surface area contributed by atoms with Gasteiger partial charge in [0.15, 0.2) is 0 Å². The SMILES string of the molecule is COC(=O)[C@@](N)(COCCCl)C(=O)OCc1ccccc1. The number of hydrogen-bond donors (Lipinski definition) is 1. The number of carbonyl (C=O) groups is 2. The second-order valence-electron chi connectivity index (χ2n) is 4.27. The quantitative estimate of drug-likeness (QED) is 0.331. The fourth-order valence-corrected chi connectivity index (χ4v) is 1.63. The third-order valence-electron chi connectivity index (χ3n) is 2.68. The van der Waals surface area contributed by atoms with Gasteiger partial charge in [-0.25, -0.2) is 9.59 Å². The Kier molecular flexibility index (Phi) is 7.14. The summed E-state index contributed by atoms with van der Waals surface area (Å²) >= 11 is 5.47. The Bertz CT molecular complexity index is 468. The van der Waals surface area contributed by atoms with Gasteiger partial charge in [0, 0.05) is 5.88 Å². The number of ether oxygens (including phenoxy) is 3. The Morgan fingerprint density at radius 2 is 1.90 bits per heavy atom. The molecular weight excluding hydrogens is 298 g/mol. The molecule has 1 atom stereocenters. The third-order valence-corrected chi connectivity index (χ3v) is 2.83. The molecule has 0 bridgehead atoms. The zero-order valence-corrected chi connectivity index (χ0v) is 12.5. The number of hydrogen-bond acceptors (Lipinski definition) is 6. The van der Waals surface area contributed by atoms with Crippen LogP contribution in [-0.4, -0.2) is 43.7 Å². The number of carbonyl (C=O) groups excluding carboxylic acids is 2. The van der Waals surface area contributed by atoms with Gasteiger partial charge in [0.2, 0.25) is 5.54 Å². The molecule has 0 aliphatic carbocycles. The smallest absolute Gasteiger partial charge is 0.340 e. The zero-order chi connectivity index (χ0) is 15.7. The van der Waals surface area contributed by atoms with Crippen LogP contribution in [0.15, 0.2) is 30.3 Å². The van der Waals surface area contributed by atoms with E-state index >= 15 is 0 Å². The molecule has 0 unspecified atom stereocenters. The lowest BCUT2D eigenvalue weighted by molar-refractivity contribution is -0.167. The van der Waals surface area contributed by atoms with Crippen LogP contribution in [0.2, 0.25) is 0 Å². The van der Waals surface area contributed by atoms with Gasteiger partial charge in [-0.2, -0.15) is 0 Å². The first kappa shape index (κ1) is 17.4. The summed E-state index contributed by atoms with van der Waals surface area (Å²) in [5.74, 6) is -1.61. The van der Waals surface area contributed by atoms with Crippen molar-refractivity contribution in [1.82, 2.24) is 0 Å². The number of rotatable bonds is 8. The molecule has 1 rings (SSSR count). The molecule has 2 N–H and O–H groups in total. The van der Waals surface area contributed by atoms with Gasteiger partial charge in [-0.15, -0.1) is 11.6 Å². The van der Waals surface area contributed by atoms with E-state index in [-0.39, 0.29) is 25.7 Å². The van der Waals surface area contributed by atoms with Gasteiger partial charge in [0.25, 0.3) is 0 Å². The molecule has 0 radical (unpaired) electrons. The van der Waals surface area contributed by atoms with Crippen molar-refractivity contribution in [2.45, 2.75) is 12.1 Å². The van der Waals surface area contributed by atoms with Gasteiger partial charge >= 0.3 is 11.9 Å². The number of benzene rings is 1. The molecule has 0 spiro atoms. The Morgan fingerprint density at radius 3 is 2.48 bits per heavy atom. The number of esters is 2. The Balaban J connectivity index is 2.68. The van der Waals surface area contributed by atoms with E-state index in [1.807, 2.05) is 18.2 Å². The van der Waals surface area contributed by atoms with Crippen molar-refractivity contribution in [1.29, 1.82) is 0 Å². The average Bonchev–Trinajstić information content (AvgIpc) is 2.52. The van der Waals surface area contributed by atoms with Crippen molar-refractivity contribution in [3.63, 3.8) is 0 Å². The van der Waals surface area contributed by atoms with Crippen LogP contribution in [0.5, 0.6) is 0 Å². The van der Waals surface area contributed by atoms with Gasteiger partial charge in [0.05, 0.1) is 20.3 Å². The maximum atomic E-state index is 12.1. The van der Waals surface area contributed by atoms with Crippen LogP contribution < -0.4 is 5.73 Å². The first-order valence-corrected chi connectivity index (χ1v) is 6.80. The molecule has 1 aromatic carbocycles. The largest absolute Gasteiger partial charge is 0.467 e. The van der Waals surface area contributed by atoms with E-state index in [1.165, 1.54) is 0 Å². The lowest BCUT2D eigenvalue weighted by Gasteiger charge is -2.24. The van der Waals surface area contributed by atoms with Crippen LogP contribution in [-0.2, 0) is 30.4 Å². The van der Waals surface area contributed by atoms with E-state index in [9.17, 15) is 9.59 Å². The summed E-state index contributed by atoms with van der Waals surface area (Å²) < 4.78 is 14.7. The number of halogens is 1. The fourth-order valence-electron chi connectivity index (χ4n) is 1.52. The highest BCUT2D eigenvalue weighted by Gasteiger charge is 2.45. The van der Waals surface area contributed by atoms with E-state index in [1.54, 1.807) is 12.1 Å². The maximum Gasteiger partial charge on any atom is 0.340 e. The number of alkyl halides is 1. The van der Waals surface area contributed by atoms with Crippen LogP contribution in [0.4, 0.5) is 0 Å². The van der Waals surface area contributed by atoms with Crippen molar-refractivity contribution in [3.05, 3.63) is 35.9 Å². The second kappa shape index (κ2) is 8.61. The molecular formula is C14H18ClNO5. The van der Waals surface area contributed by atoms with Crippen molar-refractivity contribution >= 4 is 23.5 Å². The molecule has 0 amide bonds. The van der Waals surface area contributed by atoms with Crippen molar-refractivity contribution in [2.75, 3.05) is 26.2 Å². The minimum atomic E-state index is -2.00. The summed E-state index contributed by atoms with van der Waals surface area (Å²) in [6, 6.07) is 9.03. The first-order valence-electron chi connectivity index (χ1n) is 6.26. The molecule has 0 aliphatic rings. The van der Waals surface area contributed by atoms with Crippen LogP contribution >= 0.6 is 11.6 Å². The molecule has 0 fully saturated rings. The van der Waals surface area contributed by atoms with E-state index in [4.69, 9.17) is 26.8 Å². The highest BCUT2D eigenvalue weighted by atomic mass is 35.5. The first-order chi connectivity index (χ1) is 10.0. The van der Waals surface area contributed by atoms with E-state index in [0.29, 0.717) is 0 Å². The fraction of sp³-hybridized carbons (Fsp3) is 0.429. The van der Waals surface area contributed by atoms with Crippen molar-refractivity contribution < 1.29 is 23.8 Å². The molecule has 0 saturated carbocycles. The minimum Gasteiger partial charge on any atom is -0.467 e. The van der Waals surface area contributed by atoms with Crippen LogP contribution in [0.1, 0.15) is 5.56 Å². The number of nitrogens with two attached hydrogens (primary N) is 1. The molecule has 116 valence electrons. The topological polar surface area (TPSA) is 87.9 Å². The summed E-state index contributed by atoms with van der Waals surface area (Å²) in [7, 11) is 1.13. The van der Waals surface area contributed by atoms with Crippen LogP contribution in [0.25, 0.3) is 0 Å². The molecule has 0 saturated heterocycles. The molecule has 0 aliphatic heterocycles. The summed E-state index contributed by atoms with van der Waals surface area (Å²) in [4.78, 5) is 23.8. The lowest BCUT2D eigenvalue weighted by Crippen LogP contribution is -2.59. The maximum absolute atomic E-state index is 12.1. The summed E-state index contributed by atoms with van der Waals surface area (Å²) in [5, 5.41) is 0. The van der Waals surface area contributed by atoms with E-state index in [2.05, 4.69) is 4.74 Å². The molecule has 7 heteroatoms. The molecule has 21 heavy (non-hydrogen) atoms. The predicted octanol–water partition coefficient (Wildman–Crippen LogP) is 0.856. The van der Waals surface area contributed by atoms with Crippen molar-refractivity contribution in [2.24, 2.45) is 5.73 Å². The highest BCUT2D eigenvalue weighted by molar-refractivity contribution is 6.18. The Labute approximate surface area is 128 Å². The van der Waals surface area contributed by atoms with E-state index in [0.717, 1.165) is 12.7 Å². The summed E-state index contributed by atoms with van der Waals surface area (Å²) in [5.41, 5.74) is 4.56. The highest BCUT2D eigenvalue weighted by Crippen LogP contribution is 2.10. The summed E-state index contributed by atoms with van der Waals surface area (Å²) in [6.45, 7) is -0.200. The van der Waals surface area contributed by atoms with Crippen LogP contribution in [0.3, 0.4) is 0 Å². The third kappa shape index (κ3) is 5.00.